The largest absolute Gasteiger partial charge is 0.497 e. The Morgan fingerprint density at radius 2 is 1.84 bits per heavy atom. The molecule has 0 amide bonds. The summed E-state index contributed by atoms with van der Waals surface area (Å²) < 4.78 is 10.8. The van der Waals surface area contributed by atoms with Crippen LogP contribution in [-0.2, 0) is 6.42 Å². The van der Waals surface area contributed by atoms with E-state index >= 15 is 0 Å². The number of rotatable bonds is 6. The molecule has 0 aliphatic carbocycles. The molecule has 6 heteroatoms. The van der Waals surface area contributed by atoms with E-state index in [4.69, 9.17) is 9.47 Å². The molecule has 1 saturated heterocycles. The summed E-state index contributed by atoms with van der Waals surface area (Å²) in [5, 5.41) is 3.56. The van der Waals surface area contributed by atoms with Crippen LogP contribution in [0.3, 0.4) is 0 Å². The van der Waals surface area contributed by atoms with Gasteiger partial charge in [0, 0.05) is 54.8 Å². The van der Waals surface area contributed by atoms with Crippen LogP contribution in [0.4, 0.5) is 11.5 Å². The Hall–Kier alpha value is -2.50. The van der Waals surface area contributed by atoms with Gasteiger partial charge in [0.15, 0.2) is 0 Å². The standard InChI is InChI=1S/C19H26N4O2/c1-5-14-8-19(21-13(2)20-14)22-15-6-7-23(12-15)16-9-17(24-3)11-18(10-16)25-4/h8-11,15H,5-7,12H2,1-4H3,(H,20,21,22). The van der Waals surface area contributed by atoms with E-state index in [0.717, 1.165) is 60.5 Å². The summed E-state index contributed by atoms with van der Waals surface area (Å²) in [7, 11) is 3.35. The Morgan fingerprint density at radius 3 is 2.48 bits per heavy atom. The van der Waals surface area contributed by atoms with Gasteiger partial charge < -0.3 is 19.7 Å². The van der Waals surface area contributed by atoms with E-state index in [9.17, 15) is 0 Å². The SMILES string of the molecule is CCc1cc(NC2CCN(c3cc(OC)cc(OC)c3)C2)nc(C)n1. The van der Waals surface area contributed by atoms with Crippen LogP contribution in [0, 0.1) is 6.92 Å². The van der Waals surface area contributed by atoms with Crippen molar-refractivity contribution < 1.29 is 9.47 Å². The van der Waals surface area contributed by atoms with E-state index in [1.54, 1.807) is 14.2 Å². The molecule has 134 valence electrons. The molecule has 1 aromatic heterocycles. The first-order valence-corrected chi connectivity index (χ1v) is 8.70. The predicted octanol–water partition coefficient (Wildman–Crippen LogP) is 3.06. The number of hydrogen-bond acceptors (Lipinski definition) is 6. The molecule has 1 unspecified atom stereocenters. The zero-order chi connectivity index (χ0) is 17.8. The van der Waals surface area contributed by atoms with Gasteiger partial charge in [-0.05, 0) is 19.8 Å². The Balaban J connectivity index is 1.71. The quantitative estimate of drug-likeness (QED) is 0.871. The van der Waals surface area contributed by atoms with Gasteiger partial charge in [0.25, 0.3) is 0 Å². The highest BCUT2D eigenvalue weighted by molar-refractivity contribution is 5.57. The maximum absolute atomic E-state index is 5.38. The minimum atomic E-state index is 0.358. The van der Waals surface area contributed by atoms with Gasteiger partial charge in [-0.15, -0.1) is 0 Å². The molecular weight excluding hydrogens is 316 g/mol. The summed E-state index contributed by atoms with van der Waals surface area (Å²) in [6.45, 7) is 5.95. The first kappa shape index (κ1) is 17.3. The summed E-state index contributed by atoms with van der Waals surface area (Å²) in [6.07, 6.45) is 1.97. The average Bonchev–Trinajstić information content (AvgIpc) is 3.09. The third-order valence-corrected chi connectivity index (χ3v) is 4.49. The monoisotopic (exact) mass is 342 g/mol. The molecule has 0 radical (unpaired) electrons. The van der Waals surface area contributed by atoms with Crippen molar-refractivity contribution in [3.8, 4) is 11.5 Å². The predicted molar refractivity (Wildman–Crippen MR) is 99.9 cm³/mol. The summed E-state index contributed by atoms with van der Waals surface area (Å²) in [6, 6.07) is 8.40. The summed E-state index contributed by atoms with van der Waals surface area (Å²) in [4.78, 5) is 11.3. The number of methoxy groups -OCH3 is 2. The minimum absolute atomic E-state index is 0.358. The molecule has 1 fully saturated rings. The molecule has 6 nitrogen and oxygen atoms in total. The fourth-order valence-corrected chi connectivity index (χ4v) is 3.18. The van der Waals surface area contributed by atoms with E-state index < -0.39 is 0 Å². The van der Waals surface area contributed by atoms with Gasteiger partial charge in [-0.1, -0.05) is 6.92 Å². The van der Waals surface area contributed by atoms with Crippen LogP contribution in [0.15, 0.2) is 24.3 Å². The highest BCUT2D eigenvalue weighted by atomic mass is 16.5. The van der Waals surface area contributed by atoms with Crippen molar-refractivity contribution in [1.29, 1.82) is 0 Å². The molecule has 1 atom stereocenters. The number of hydrogen-bond donors (Lipinski definition) is 1. The molecule has 1 aliphatic heterocycles. The van der Waals surface area contributed by atoms with E-state index in [1.807, 2.05) is 19.1 Å². The van der Waals surface area contributed by atoms with Gasteiger partial charge in [-0.2, -0.15) is 0 Å². The second-order valence-electron chi connectivity index (χ2n) is 6.29. The normalized spacial score (nSPS) is 16.8. The molecule has 1 aromatic carbocycles. The van der Waals surface area contributed by atoms with Crippen LogP contribution in [0.2, 0.25) is 0 Å². The van der Waals surface area contributed by atoms with Crippen molar-refractivity contribution in [3.63, 3.8) is 0 Å². The first-order chi connectivity index (χ1) is 12.1. The maximum atomic E-state index is 5.38. The maximum Gasteiger partial charge on any atom is 0.130 e. The van der Waals surface area contributed by atoms with Crippen molar-refractivity contribution in [3.05, 3.63) is 35.8 Å². The summed E-state index contributed by atoms with van der Waals surface area (Å²) >= 11 is 0. The van der Waals surface area contributed by atoms with Crippen LogP contribution < -0.4 is 19.7 Å². The molecule has 25 heavy (non-hydrogen) atoms. The zero-order valence-corrected chi connectivity index (χ0v) is 15.4. The molecule has 2 aromatic rings. The lowest BCUT2D eigenvalue weighted by molar-refractivity contribution is 0.394. The van der Waals surface area contributed by atoms with Crippen LogP contribution in [-0.4, -0.2) is 43.3 Å². The second kappa shape index (κ2) is 7.59. The van der Waals surface area contributed by atoms with Gasteiger partial charge in [0.1, 0.15) is 23.1 Å². The van der Waals surface area contributed by atoms with Crippen LogP contribution in [0.1, 0.15) is 24.9 Å². The Bertz CT molecular complexity index is 713. The Kier molecular flexibility index (Phi) is 5.26. The zero-order valence-electron chi connectivity index (χ0n) is 15.4. The van der Waals surface area contributed by atoms with E-state index in [-0.39, 0.29) is 0 Å². The molecular formula is C19H26N4O2. The van der Waals surface area contributed by atoms with Gasteiger partial charge in [0.2, 0.25) is 0 Å². The number of nitrogens with zero attached hydrogens (tertiary/aromatic N) is 3. The van der Waals surface area contributed by atoms with Crippen molar-refractivity contribution in [2.24, 2.45) is 0 Å². The number of nitrogens with one attached hydrogen (secondary N) is 1. The van der Waals surface area contributed by atoms with Crippen molar-refractivity contribution >= 4 is 11.5 Å². The molecule has 0 spiro atoms. The lowest BCUT2D eigenvalue weighted by atomic mass is 10.2. The fourth-order valence-electron chi connectivity index (χ4n) is 3.18. The van der Waals surface area contributed by atoms with E-state index in [2.05, 4.69) is 39.2 Å². The topological polar surface area (TPSA) is 59.5 Å². The number of benzene rings is 1. The summed E-state index contributed by atoms with van der Waals surface area (Å²) in [5.41, 5.74) is 2.19. The molecule has 1 aliphatic rings. The number of anilines is 2. The van der Waals surface area contributed by atoms with Crippen LogP contribution >= 0.6 is 0 Å². The number of ether oxygens (including phenoxy) is 2. The molecule has 3 rings (SSSR count). The van der Waals surface area contributed by atoms with Crippen molar-refractivity contribution in [1.82, 2.24) is 9.97 Å². The third kappa shape index (κ3) is 4.13. The van der Waals surface area contributed by atoms with Gasteiger partial charge in [-0.3, -0.25) is 0 Å². The van der Waals surface area contributed by atoms with Crippen molar-refractivity contribution in [2.45, 2.75) is 32.7 Å². The highest BCUT2D eigenvalue weighted by Gasteiger charge is 2.24. The third-order valence-electron chi connectivity index (χ3n) is 4.49. The van der Waals surface area contributed by atoms with Gasteiger partial charge in [0.05, 0.1) is 14.2 Å². The van der Waals surface area contributed by atoms with Crippen molar-refractivity contribution in [2.75, 3.05) is 37.5 Å². The van der Waals surface area contributed by atoms with Gasteiger partial charge >= 0.3 is 0 Å². The van der Waals surface area contributed by atoms with E-state index in [1.165, 1.54) is 0 Å². The smallest absolute Gasteiger partial charge is 0.130 e. The summed E-state index contributed by atoms with van der Waals surface area (Å²) in [5.74, 6) is 3.35. The van der Waals surface area contributed by atoms with Crippen LogP contribution in [0.25, 0.3) is 0 Å². The molecule has 2 heterocycles. The van der Waals surface area contributed by atoms with Crippen LogP contribution in [0.5, 0.6) is 11.5 Å². The number of aromatic nitrogens is 2. The Labute approximate surface area is 149 Å². The number of aryl methyl sites for hydroxylation is 2. The van der Waals surface area contributed by atoms with E-state index in [0.29, 0.717) is 6.04 Å². The minimum Gasteiger partial charge on any atom is -0.497 e. The molecule has 0 bridgehead atoms. The highest BCUT2D eigenvalue weighted by Crippen LogP contribution is 2.30. The van der Waals surface area contributed by atoms with Gasteiger partial charge in [-0.25, -0.2) is 9.97 Å². The lowest BCUT2D eigenvalue weighted by Gasteiger charge is -2.21. The fraction of sp³-hybridized carbons (Fsp3) is 0.474. The molecule has 0 saturated carbocycles. The first-order valence-electron chi connectivity index (χ1n) is 8.70. The second-order valence-corrected chi connectivity index (χ2v) is 6.29. The average molecular weight is 342 g/mol. The lowest BCUT2D eigenvalue weighted by Crippen LogP contribution is -2.26. The Morgan fingerprint density at radius 1 is 1.12 bits per heavy atom. The molecule has 1 N–H and O–H groups in total.